The molecule has 0 saturated carbocycles. The van der Waals surface area contributed by atoms with Crippen LogP contribution in [0.3, 0.4) is 0 Å². The zero-order chi connectivity index (χ0) is 12.3. The van der Waals surface area contributed by atoms with E-state index in [9.17, 15) is 13.2 Å². The minimum absolute atomic E-state index is 0.0226. The van der Waals surface area contributed by atoms with Crippen LogP contribution in [0, 0.1) is 0 Å². The van der Waals surface area contributed by atoms with Gasteiger partial charge in [-0.1, -0.05) is 19.1 Å². The Balaban J connectivity index is 2.91. The first kappa shape index (κ1) is 12.7. The largest absolute Gasteiger partial charge is 0.481 e. The van der Waals surface area contributed by atoms with Crippen molar-refractivity contribution in [3.63, 3.8) is 0 Å². The molecule has 1 aromatic carbocycles. The summed E-state index contributed by atoms with van der Waals surface area (Å²) in [7, 11) is -4.18. The second-order valence-corrected chi connectivity index (χ2v) is 4.96. The van der Waals surface area contributed by atoms with Crippen LogP contribution in [-0.4, -0.2) is 24.0 Å². The van der Waals surface area contributed by atoms with E-state index in [1.54, 1.807) is 6.92 Å². The van der Waals surface area contributed by atoms with Crippen LogP contribution in [0.2, 0.25) is 0 Å². The molecule has 0 amide bonds. The van der Waals surface area contributed by atoms with Gasteiger partial charge in [0.1, 0.15) is 0 Å². The van der Waals surface area contributed by atoms with Crippen molar-refractivity contribution in [2.45, 2.75) is 24.2 Å². The lowest BCUT2D eigenvalue weighted by Gasteiger charge is -2.09. The van der Waals surface area contributed by atoms with Gasteiger partial charge in [-0.05, 0) is 23.6 Å². The highest BCUT2D eigenvalue weighted by Gasteiger charge is 2.12. The van der Waals surface area contributed by atoms with Crippen LogP contribution in [0.1, 0.15) is 24.8 Å². The van der Waals surface area contributed by atoms with Crippen LogP contribution in [-0.2, 0) is 14.9 Å². The number of aliphatic carboxylic acids is 1. The van der Waals surface area contributed by atoms with Gasteiger partial charge in [-0.3, -0.25) is 9.35 Å². The van der Waals surface area contributed by atoms with Crippen molar-refractivity contribution in [3.05, 3.63) is 29.8 Å². The lowest BCUT2D eigenvalue weighted by atomic mass is 9.98. The molecular weight excluding hydrogens is 232 g/mol. The summed E-state index contributed by atoms with van der Waals surface area (Å²) in [6, 6.07) is 5.50. The third kappa shape index (κ3) is 3.32. The Morgan fingerprint density at radius 1 is 1.31 bits per heavy atom. The maximum atomic E-state index is 10.8. The van der Waals surface area contributed by atoms with E-state index in [1.807, 2.05) is 0 Å². The molecule has 0 fully saturated rings. The van der Waals surface area contributed by atoms with Gasteiger partial charge in [0.2, 0.25) is 0 Å². The second kappa shape index (κ2) is 4.63. The molecule has 88 valence electrons. The standard InChI is InChI=1S/C10H12O5S/c1-7(6-10(11)12)8-2-4-9(5-3-8)16(13,14)15/h2-5,7H,6H2,1H3,(H,11,12)(H,13,14,15)/t7-/m0/s1. The van der Waals surface area contributed by atoms with E-state index in [1.165, 1.54) is 24.3 Å². The third-order valence-corrected chi connectivity index (χ3v) is 3.10. The van der Waals surface area contributed by atoms with Crippen molar-refractivity contribution in [1.29, 1.82) is 0 Å². The first-order valence-corrected chi connectivity index (χ1v) is 6.04. The minimum atomic E-state index is -4.18. The fourth-order valence-electron chi connectivity index (χ4n) is 1.35. The molecule has 1 rings (SSSR count). The second-order valence-electron chi connectivity index (χ2n) is 3.54. The summed E-state index contributed by atoms with van der Waals surface area (Å²) in [6.07, 6.45) is -0.0226. The first-order valence-electron chi connectivity index (χ1n) is 4.60. The minimum Gasteiger partial charge on any atom is -0.481 e. The summed E-state index contributed by atoms with van der Waals surface area (Å²) in [5.41, 5.74) is 0.717. The molecule has 0 heterocycles. The maximum Gasteiger partial charge on any atom is 0.303 e. The summed E-state index contributed by atoms with van der Waals surface area (Å²) in [4.78, 5) is 10.3. The average Bonchev–Trinajstić information content (AvgIpc) is 2.15. The van der Waals surface area contributed by atoms with Gasteiger partial charge in [0, 0.05) is 0 Å². The number of hydrogen-bond donors (Lipinski definition) is 2. The van der Waals surface area contributed by atoms with E-state index in [4.69, 9.17) is 9.66 Å². The summed E-state index contributed by atoms with van der Waals surface area (Å²) in [6.45, 7) is 1.73. The molecule has 0 spiro atoms. The molecule has 0 bridgehead atoms. The molecule has 5 nitrogen and oxygen atoms in total. The molecule has 16 heavy (non-hydrogen) atoms. The van der Waals surface area contributed by atoms with Crippen molar-refractivity contribution in [2.75, 3.05) is 0 Å². The zero-order valence-electron chi connectivity index (χ0n) is 8.62. The molecular formula is C10H12O5S. The Morgan fingerprint density at radius 3 is 2.19 bits per heavy atom. The zero-order valence-corrected chi connectivity index (χ0v) is 9.44. The highest BCUT2D eigenvalue weighted by atomic mass is 32.2. The predicted molar refractivity (Wildman–Crippen MR) is 56.9 cm³/mol. The van der Waals surface area contributed by atoms with Gasteiger partial charge in [0.15, 0.2) is 0 Å². The number of benzene rings is 1. The number of carboxylic acids is 1. The first-order chi connectivity index (χ1) is 7.30. The normalized spacial score (nSPS) is 13.4. The van der Waals surface area contributed by atoms with Crippen molar-refractivity contribution in [3.8, 4) is 0 Å². The van der Waals surface area contributed by atoms with E-state index < -0.39 is 16.1 Å². The van der Waals surface area contributed by atoms with Gasteiger partial charge in [0.25, 0.3) is 10.1 Å². The smallest absolute Gasteiger partial charge is 0.303 e. The topological polar surface area (TPSA) is 91.7 Å². The van der Waals surface area contributed by atoms with Crippen LogP contribution in [0.4, 0.5) is 0 Å². The quantitative estimate of drug-likeness (QED) is 0.783. The molecule has 6 heteroatoms. The molecule has 1 aromatic rings. The van der Waals surface area contributed by atoms with Gasteiger partial charge < -0.3 is 5.11 Å². The molecule has 0 saturated heterocycles. The molecule has 1 atom stereocenters. The maximum absolute atomic E-state index is 10.8. The summed E-state index contributed by atoms with van der Waals surface area (Å²) in [5, 5.41) is 8.59. The van der Waals surface area contributed by atoms with Gasteiger partial charge in [-0.2, -0.15) is 8.42 Å². The molecule has 0 radical (unpaired) electrons. The van der Waals surface area contributed by atoms with E-state index in [0.717, 1.165) is 5.56 Å². The van der Waals surface area contributed by atoms with E-state index >= 15 is 0 Å². The SMILES string of the molecule is C[C@@H](CC(=O)O)c1ccc(S(=O)(=O)O)cc1. The van der Waals surface area contributed by atoms with Crippen LogP contribution in [0.15, 0.2) is 29.2 Å². The predicted octanol–water partition coefficient (Wildman–Crippen LogP) is 1.51. The number of hydrogen-bond acceptors (Lipinski definition) is 3. The van der Waals surface area contributed by atoms with E-state index in [2.05, 4.69) is 0 Å². The van der Waals surface area contributed by atoms with Crippen LogP contribution < -0.4 is 0 Å². The molecule has 0 aromatic heterocycles. The summed E-state index contributed by atoms with van der Waals surface area (Å²) in [5.74, 6) is -1.11. The van der Waals surface area contributed by atoms with Crippen molar-refractivity contribution in [2.24, 2.45) is 0 Å². The van der Waals surface area contributed by atoms with Gasteiger partial charge in [-0.15, -0.1) is 0 Å². The van der Waals surface area contributed by atoms with E-state index in [0.29, 0.717) is 0 Å². The summed E-state index contributed by atoms with van der Waals surface area (Å²) < 4.78 is 30.2. The monoisotopic (exact) mass is 244 g/mol. The fourth-order valence-corrected chi connectivity index (χ4v) is 1.83. The van der Waals surface area contributed by atoms with E-state index in [-0.39, 0.29) is 17.2 Å². The molecule has 0 aliphatic rings. The Kier molecular flexibility index (Phi) is 3.66. The van der Waals surface area contributed by atoms with Gasteiger partial charge in [-0.25, -0.2) is 0 Å². The highest BCUT2D eigenvalue weighted by molar-refractivity contribution is 7.85. The molecule has 0 aliphatic heterocycles. The van der Waals surface area contributed by atoms with Crippen LogP contribution in [0.25, 0.3) is 0 Å². The van der Waals surface area contributed by atoms with Crippen LogP contribution in [0.5, 0.6) is 0 Å². The Bertz CT molecular complexity index is 474. The third-order valence-electron chi connectivity index (χ3n) is 2.23. The highest BCUT2D eigenvalue weighted by Crippen LogP contribution is 2.20. The van der Waals surface area contributed by atoms with Crippen LogP contribution >= 0.6 is 0 Å². The van der Waals surface area contributed by atoms with Crippen molar-refractivity contribution >= 4 is 16.1 Å². The number of rotatable bonds is 4. The lowest BCUT2D eigenvalue weighted by Crippen LogP contribution is -2.03. The number of carboxylic acid groups (broad SMARTS) is 1. The Hall–Kier alpha value is -1.40. The molecule has 2 N–H and O–H groups in total. The van der Waals surface area contributed by atoms with Gasteiger partial charge >= 0.3 is 5.97 Å². The average molecular weight is 244 g/mol. The lowest BCUT2D eigenvalue weighted by molar-refractivity contribution is -0.137. The van der Waals surface area contributed by atoms with Crippen molar-refractivity contribution < 1.29 is 22.9 Å². The molecule has 0 unspecified atom stereocenters. The Labute approximate surface area is 93.5 Å². The van der Waals surface area contributed by atoms with Gasteiger partial charge in [0.05, 0.1) is 11.3 Å². The fraction of sp³-hybridized carbons (Fsp3) is 0.300. The Morgan fingerprint density at radius 2 is 1.81 bits per heavy atom. The van der Waals surface area contributed by atoms with Crippen molar-refractivity contribution in [1.82, 2.24) is 0 Å². The molecule has 0 aliphatic carbocycles. The number of carbonyl (C=O) groups is 1. The summed E-state index contributed by atoms with van der Waals surface area (Å²) >= 11 is 0.